The third kappa shape index (κ3) is 4.34. The largest absolute Gasteiger partial charge is 0.353 e. The number of hydrogen-bond donors (Lipinski definition) is 0. The third-order valence-corrected chi connectivity index (χ3v) is 7.93. The summed E-state index contributed by atoms with van der Waals surface area (Å²) in [4.78, 5) is 21.5. The molecule has 2 fully saturated rings. The number of nitrogens with zero attached hydrogens (tertiary/aromatic N) is 4. The number of piperidine rings is 1. The van der Waals surface area contributed by atoms with Gasteiger partial charge in [-0.2, -0.15) is 4.31 Å². The molecule has 2 aliphatic heterocycles. The van der Waals surface area contributed by atoms with Crippen LogP contribution in [0, 0.1) is 5.92 Å². The Morgan fingerprint density at radius 3 is 2.20 bits per heavy atom. The maximum atomic E-state index is 12.9. The van der Waals surface area contributed by atoms with Gasteiger partial charge in [0.2, 0.25) is 10.0 Å². The molecule has 7 nitrogen and oxygen atoms in total. The molecule has 2 saturated heterocycles. The van der Waals surface area contributed by atoms with Gasteiger partial charge in [-0.05, 0) is 55.2 Å². The van der Waals surface area contributed by atoms with E-state index in [1.54, 1.807) is 34.8 Å². The fourth-order valence-electron chi connectivity index (χ4n) is 4.01. The van der Waals surface area contributed by atoms with E-state index in [-0.39, 0.29) is 10.8 Å². The number of benzene rings is 1. The van der Waals surface area contributed by atoms with E-state index in [1.165, 1.54) is 0 Å². The van der Waals surface area contributed by atoms with Crippen molar-refractivity contribution < 1.29 is 13.2 Å². The van der Waals surface area contributed by atoms with Crippen LogP contribution in [0.4, 0.5) is 5.82 Å². The zero-order valence-corrected chi connectivity index (χ0v) is 18.1. The second kappa shape index (κ2) is 8.73. The average Bonchev–Trinajstić information content (AvgIpc) is 2.80. The molecule has 4 rings (SSSR count). The maximum Gasteiger partial charge on any atom is 0.253 e. The van der Waals surface area contributed by atoms with Crippen LogP contribution in [0.1, 0.15) is 30.1 Å². The number of hydrogen-bond acceptors (Lipinski definition) is 5. The molecule has 1 amide bonds. The summed E-state index contributed by atoms with van der Waals surface area (Å²) in [6.45, 7) is 5.95. The highest BCUT2D eigenvalue weighted by Gasteiger charge is 2.28. The van der Waals surface area contributed by atoms with Crippen molar-refractivity contribution in [3.63, 3.8) is 0 Å². The van der Waals surface area contributed by atoms with Crippen molar-refractivity contribution in [3.05, 3.63) is 54.2 Å². The summed E-state index contributed by atoms with van der Waals surface area (Å²) in [5.74, 6) is 1.42. The smallest absolute Gasteiger partial charge is 0.253 e. The lowest BCUT2D eigenvalue weighted by molar-refractivity contribution is 0.0746. The van der Waals surface area contributed by atoms with Gasteiger partial charge in [-0.3, -0.25) is 4.79 Å². The highest BCUT2D eigenvalue weighted by molar-refractivity contribution is 7.89. The maximum absolute atomic E-state index is 12.9. The third-order valence-electron chi connectivity index (χ3n) is 6.02. The Morgan fingerprint density at radius 1 is 0.933 bits per heavy atom. The zero-order valence-electron chi connectivity index (χ0n) is 17.3. The first kappa shape index (κ1) is 20.8. The van der Waals surface area contributed by atoms with Crippen LogP contribution in [0.5, 0.6) is 0 Å². The lowest BCUT2D eigenvalue weighted by Crippen LogP contribution is -2.49. The van der Waals surface area contributed by atoms with E-state index in [2.05, 4.69) is 16.8 Å². The van der Waals surface area contributed by atoms with Crippen LogP contribution < -0.4 is 4.90 Å². The van der Waals surface area contributed by atoms with E-state index in [4.69, 9.17) is 0 Å². The second-order valence-electron chi connectivity index (χ2n) is 8.08. The van der Waals surface area contributed by atoms with Crippen molar-refractivity contribution >= 4 is 21.7 Å². The quantitative estimate of drug-likeness (QED) is 0.748. The number of aromatic nitrogens is 1. The predicted molar refractivity (Wildman–Crippen MR) is 116 cm³/mol. The SMILES string of the molecule is CC1CCN(S(=O)(=O)c2ccc(C(=O)N3CCN(c4ccccn4)CC3)cc2)CC1. The summed E-state index contributed by atoms with van der Waals surface area (Å²) in [5, 5.41) is 0. The molecule has 160 valence electrons. The fourth-order valence-corrected chi connectivity index (χ4v) is 5.48. The van der Waals surface area contributed by atoms with E-state index in [1.807, 2.05) is 23.1 Å². The fraction of sp³-hybridized carbons (Fsp3) is 0.455. The molecule has 2 aromatic rings. The summed E-state index contributed by atoms with van der Waals surface area (Å²) in [7, 11) is -3.50. The standard InChI is InChI=1S/C22H28N4O3S/c1-18-9-12-26(13-10-18)30(28,29)20-7-5-19(6-8-20)22(27)25-16-14-24(15-17-25)21-4-2-3-11-23-21/h2-8,11,18H,9-10,12-17H2,1H3. The number of pyridine rings is 1. The topological polar surface area (TPSA) is 73.8 Å². The molecule has 0 bridgehead atoms. The molecule has 2 aliphatic rings. The highest BCUT2D eigenvalue weighted by atomic mass is 32.2. The van der Waals surface area contributed by atoms with Gasteiger partial charge < -0.3 is 9.80 Å². The van der Waals surface area contributed by atoms with Crippen molar-refractivity contribution in [1.82, 2.24) is 14.2 Å². The first-order valence-corrected chi connectivity index (χ1v) is 11.9. The molecule has 0 atom stereocenters. The normalized spacial score (nSPS) is 19.1. The summed E-state index contributed by atoms with van der Waals surface area (Å²) < 4.78 is 27.3. The number of piperazine rings is 1. The van der Waals surface area contributed by atoms with Crippen LogP contribution in [-0.2, 0) is 10.0 Å². The lowest BCUT2D eigenvalue weighted by atomic mass is 10.0. The minimum atomic E-state index is -3.50. The Bertz CT molecular complexity index is 963. The van der Waals surface area contributed by atoms with Crippen LogP contribution in [0.15, 0.2) is 53.6 Å². The summed E-state index contributed by atoms with van der Waals surface area (Å²) in [5.41, 5.74) is 0.521. The van der Waals surface area contributed by atoms with E-state index in [0.29, 0.717) is 37.7 Å². The highest BCUT2D eigenvalue weighted by Crippen LogP contribution is 2.24. The Labute approximate surface area is 178 Å². The molecule has 0 unspecified atom stereocenters. The zero-order chi connectivity index (χ0) is 21.1. The monoisotopic (exact) mass is 428 g/mol. The first-order chi connectivity index (χ1) is 14.4. The van der Waals surface area contributed by atoms with Gasteiger partial charge >= 0.3 is 0 Å². The molecule has 30 heavy (non-hydrogen) atoms. The molecule has 0 radical (unpaired) electrons. The van der Waals surface area contributed by atoms with Gasteiger partial charge in [0.1, 0.15) is 5.82 Å². The molecular weight excluding hydrogens is 400 g/mol. The summed E-state index contributed by atoms with van der Waals surface area (Å²) in [6, 6.07) is 12.2. The number of rotatable bonds is 4. The average molecular weight is 429 g/mol. The molecule has 0 aliphatic carbocycles. The van der Waals surface area contributed by atoms with Crippen molar-refractivity contribution in [2.24, 2.45) is 5.92 Å². The predicted octanol–water partition coefficient (Wildman–Crippen LogP) is 2.46. The van der Waals surface area contributed by atoms with Crippen LogP contribution in [0.2, 0.25) is 0 Å². The number of carbonyl (C=O) groups excluding carboxylic acids is 1. The Kier molecular flexibility index (Phi) is 6.06. The number of anilines is 1. The summed E-state index contributed by atoms with van der Waals surface area (Å²) in [6.07, 6.45) is 3.55. The first-order valence-electron chi connectivity index (χ1n) is 10.5. The van der Waals surface area contributed by atoms with Gasteiger partial charge in [0, 0.05) is 51.0 Å². The Morgan fingerprint density at radius 2 is 1.60 bits per heavy atom. The number of carbonyl (C=O) groups is 1. The molecule has 1 aromatic carbocycles. The molecule has 0 saturated carbocycles. The van der Waals surface area contributed by atoms with Gasteiger partial charge in [0.05, 0.1) is 4.90 Å². The van der Waals surface area contributed by atoms with Crippen LogP contribution >= 0.6 is 0 Å². The van der Waals surface area contributed by atoms with Crippen molar-refractivity contribution in [1.29, 1.82) is 0 Å². The van der Waals surface area contributed by atoms with Crippen molar-refractivity contribution in [2.75, 3.05) is 44.2 Å². The van der Waals surface area contributed by atoms with Crippen molar-refractivity contribution in [2.45, 2.75) is 24.7 Å². The molecule has 3 heterocycles. The minimum Gasteiger partial charge on any atom is -0.353 e. The Balaban J connectivity index is 1.39. The molecule has 0 N–H and O–H groups in total. The van der Waals surface area contributed by atoms with Crippen LogP contribution in [0.3, 0.4) is 0 Å². The van der Waals surface area contributed by atoms with Gasteiger partial charge in [0.15, 0.2) is 0 Å². The van der Waals surface area contributed by atoms with E-state index in [0.717, 1.165) is 31.7 Å². The molecule has 8 heteroatoms. The number of amides is 1. The Hall–Kier alpha value is -2.45. The van der Waals surface area contributed by atoms with E-state index < -0.39 is 10.0 Å². The molecule has 0 spiro atoms. The van der Waals surface area contributed by atoms with Gasteiger partial charge in [-0.15, -0.1) is 0 Å². The van der Waals surface area contributed by atoms with E-state index >= 15 is 0 Å². The molecule has 1 aromatic heterocycles. The second-order valence-corrected chi connectivity index (χ2v) is 10.0. The number of sulfonamides is 1. The van der Waals surface area contributed by atoms with Crippen LogP contribution in [0.25, 0.3) is 0 Å². The van der Waals surface area contributed by atoms with Gasteiger partial charge in [-0.1, -0.05) is 13.0 Å². The van der Waals surface area contributed by atoms with Gasteiger partial charge in [-0.25, -0.2) is 13.4 Å². The summed E-state index contributed by atoms with van der Waals surface area (Å²) >= 11 is 0. The minimum absolute atomic E-state index is 0.0635. The van der Waals surface area contributed by atoms with Gasteiger partial charge in [0.25, 0.3) is 5.91 Å². The van der Waals surface area contributed by atoms with E-state index in [9.17, 15) is 13.2 Å². The lowest BCUT2D eigenvalue weighted by Gasteiger charge is -2.35. The van der Waals surface area contributed by atoms with Crippen molar-refractivity contribution in [3.8, 4) is 0 Å². The van der Waals surface area contributed by atoms with Crippen LogP contribution in [-0.4, -0.2) is 67.8 Å². The molecular formula is C22H28N4O3S.